The number of benzene rings is 1. The summed E-state index contributed by atoms with van der Waals surface area (Å²) in [6, 6.07) is 2.92. The second-order valence-corrected chi connectivity index (χ2v) is 4.77. The van der Waals surface area contributed by atoms with Gasteiger partial charge < -0.3 is 10.4 Å². The van der Waals surface area contributed by atoms with E-state index in [-0.39, 0.29) is 11.6 Å². The minimum Gasteiger partial charge on any atom is -0.506 e. The summed E-state index contributed by atoms with van der Waals surface area (Å²) in [4.78, 5) is 0. The molecule has 1 aromatic carbocycles. The fourth-order valence-electron chi connectivity index (χ4n) is 1.95. The van der Waals surface area contributed by atoms with Crippen molar-refractivity contribution in [3.63, 3.8) is 0 Å². The molecule has 1 aromatic rings. The second kappa shape index (κ2) is 4.49. The first-order chi connectivity index (χ1) is 7.18. The van der Waals surface area contributed by atoms with Crippen molar-refractivity contribution in [3.05, 3.63) is 28.0 Å². The summed E-state index contributed by atoms with van der Waals surface area (Å²) in [5.41, 5.74) is 0.429. The third-order valence-corrected chi connectivity index (χ3v) is 3.47. The van der Waals surface area contributed by atoms with Gasteiger partial charge in [-0.25, -0.2) is 4.39 Å². The molecule has 0 saturated carbocycles. The van der Waals surface area contributed by atoms with Gasteiger partial charge in [0.05, 0.1) is 4.47 Å². The van der Waals surface area contributed by atoms with Crippen LogP contribution in [0.15, 0.2) is 16.6 Å². The van der Waals surface area contributed by atoms with Gasteiger partial charge >= 0.3 is 0 Å². The predicted molar refractivity (Wildman–Crippen MR) is 60.4 cm³/mol. The maximum Gasteiger partial charge on any atom is 0.135 e. The summed E-state index contributed by atoms with van der Waals surface area (Å²) < 4.78 is 14.0. The summed E-state index contributed by atoms with van der Waals surface area (Å²) in [6.07, 6.45) is 1.65. The third kappa shape index (κ3) is 2.32. The normalized spacial score (nSPS) is 20.8. The lowest BCUT2D eigenvalue weighted by atomic mass is 9.97. The average Bonchev–Trinajstić information content (AvgIpc) is 2.71. The zero-order chi connectivity index (χ0) is 10.8. The van der Waals surface area contributed by atoms with E-state index >= 15 is 0 Å². The SMILES string of the molecule is Oc1c(Br)ccc(F)c1CC1CCNC1. The van der Waals surface area contributed by atoms with Crippen molar-refractivity contribution in [1.29, 1.82) is 0 Å². The lowest BCUT2D eigenvalue weighted by molar-refractivity contribution is 0.443. The van der Waals surface area contributed by atoms with Crippen molar-refractivity contribution in [2.45, 2.75) is 12.8 Å². The van der Waals surface area contributed by atoms with Gasteiger partial charge in [0.25, 0.3) is 0 Å². The summed E-state index contributed by atoms with van der Waals surface area (Å²) in [5.74, 6) is 0.157. The lowest BCUT2D eigenvalue weighted by Gasteiger charge is -2.11. The summed E-state index contributed by atoms with van der Waals surface area (Å²) in [5, 5.41) is 13.0. The molecule has 0 spiro atoms. The van der Waals surface area contributed by atoms with Gasteiger partial charge in [-0.1, -0.05) is 0 Å². The molecule has 2 rings (SSSR count). The number of nitrogens with one attached hydrogen (secondary N) is 1. The number of phenolic OH excluding ortho intramolecular Hbond substituents is 1. The Kier molecular flexibility index (Phi) is 3.26. The smallest absolute Gasteiger partial charge is 0.135 e. The van der Waals surface area contributed by atoms with Crippen molar-refractivity contribution in [3.8, 4) is 5.75 Å². The molecule has 4 heteroatoms. The molecule has 15 heavy (non-hydrogen) atoms. The Bertz CT molecular complexity index is 364. The molecule has 1 heterocycles. The van der Waals surface area contributed by atoms with E-state index in [0.717, 1.165) is 19.5 Å². The molecule has 1 fully saturated rings. The number of halogens is 2. The van der Waals surface area contributed by atoms with Crippen molar-refractivity contribution in [1.82, 2.24) is 5.32 Å². The van der Waals surface area contributed by atoms with E-state index in [2.05, 4.69) is 21.2 Å². The zero-order valence-corrected chi connectivity index (χ0v) is 9.85. The van der Waals surface area contributed by atoms with Crippen LogP contribution in [0, 0.1) is 11.7 Å². The van der Waals surface area contributed by atoms with E-state index in [1.165, 1.54) is 12.1 Å². The first-order valence-corrected chi connectivity index (χ1v) is 5.84. The fraction of sp³-hybridized carbons (Fsp3) is 0.455. The Morgan fingerprint density at radius 3 is 3.00 bits per heavy atom. The average molecular weight is 274 g/mol. The molecular weight excluding hydrogens is 261 g/mol. The third-order valence-electron chi connectivity index (χ3n) is 2.83. The molecule has 0 amide bonds. The molecule has 0 radical (unpaired) electrons. The molecule has 1 unspecified atom stereocenters. The van der Waals surface area contributed by atoms with Gasteiger partial charge in [0, 0.05) is 5.56 Å². The molecule has 82 valence electrons. The van der Waals surface area contributed by atoms with E-state index in [9.17, 15) is 9.50 Å². The van der Waals surface area contributed by atoms with Crippen molar-refractivity contribution >= 4 is 15.9 Å². The van der Waals surface area contributed by atoms with Gasteiger partial charge in [-0.15, -0.1) is 0 Å². The molecule has 2 nitrogen and oxygen atoms in total. The second-order valence-electron chi connectivity index (χ2n) is 3.92. The van der Waals surface area contributed by atoms with Gasteiger partial charge in [0.2, 0.25) is 0 Å². The van der Waals surface area contributed by atoms with Crippen LogP contribution in [-0.2, 0) is 6.42 Å². The minimum absolute atomic E-state index is 0.0434. The fourth-order valence-corrected chi connectivity index (χ4v) is 2.33. The van der Waals surface area contributed by atoms with E-state index in [0.29, 0.717) is 22.4 Å². The Hall–Kier alpha value is -0.610. The molecule has 0 bridgehead atoms. The number of rotatable bonds is 2. The zero-order valence-electron chi connectivity index (χ0n) is 8.26. The van der Waals surface area contributed by atoms with Gasteiger partial charge in [-0.2, -0.15) is 0 Å². The first-order valence-electron chi connectivity index (χ1n) is 5.05. The Morgan fingerprint density at radius 2 is 2.33 bits per heavy atom. The lowest BCUT2D eigenvalue weighted by Crippen LogP contribution is -2.11. The highest BCUT2D eigenvalue weighted by atomic mass is 79.9. The van der Waals surface area contributed by atoms with Crippen molar-refractivity contribution < 1.29 is 9.50 Å². The Labute approximate surface area is 96.6 Å². The standard InChI is InChI=1S/C11H13BrFNO/c12-9-1-2-10(13)8(11(9)15)5-7-3-4-14-6-7/h1-2,7,14-15H,3-6H2. The minimum atomic E-state index is -0.317. The first kappa shape index (κ1) is 10.9. The molecule has 1 aliphatic rings. The monoisotopic (exact) mass is 273 g/mol. The Balaban J connectivity index is 2.22. The van der Waals surface area contributed by atoms with Crippen LogP contribution < -0.4 is 5.32 Å². The maximum absolute atomic E-state index is 13.5. The maximum atomic E-state index is 13.5. The van der Waals surface area contributed by atoms with Crippen LogP contribution in [0.4, 0.5) is 4.39 Å². The van der Waals surface area contributed by atoms with Crippen LogP contribution in [0.5, 0.6) is 5.75 Å². The largest absolute Gasteiger partial charge is 0.506 e. The van der Waals surface area contributed by atoms with Gasteiger partial charge in [0.1, 0.15) is 11.6 Å². The van der Waals surface area contributed by atoms with Crippen LogP contribution in [0.3, 0.4) is 0 Å². The van der Waals surface area contributed by atoms with Crippen LogP contribution in [-0.4, -0.2) is 18.2 Å². The topological polar surface area (TPSA) is 32.3 Å². The quantitative estimate of drug-likeness (QED) is 0.868. The summed E-state index contributed by atoms with van der Waals surface area (Å²) >= 11 is 3.20. The van der Waals surface area contributed by atoms with E-state index in [4.69, 9.17) is 0 Å². The van der Waals surface area contributed by atoms with Crippen LogP contribution in [0.2, 0.25) is 0 Å². The highest BCUT2D eigenvalue weighted by molar-refractivity contribution is 9.10. The summed E-state index contributed by atoms with van der Waals surface area (Å²) in [6.45, 7) is 1.90. The highest BCUT2D eigenvalue weighted by Crippen LogP contribution is 2.32. The van der Waals surface area contributed by atoms with Gasteiger partial charge in [-0.05, 0) is 59.9 Å². The Morgan fingerprint density at radius 1 is 1.53 bits per heavy atom. The number of aromatic hydroxyl groups is 1. The van der Waals surface area contributed by atoms with E-state index in [1.54, 1.807) is 0 Å². The number of phenols is 1. The van der Waals surface area contributed by atoms with Gasteiger partial charge in [0.15, 0.2) is 0 Å². The van der Waals surface area contributed by atoms with Crippen molar-refractivity contribution in [2.24, 2.45) is 5.92 Å². The highest BCUT2D eigenvalue weighted by Gasteiger charge is 2.19. The molecule has 1 aliphatic heterocycles. The molecule has 0 aromatic heterocycles. The number of hydrogen-bond acceptors (Lipinski definition) is 2. The molecule has 2 N–H and O–H groups in total. The van der Waals surface area contributed by atoms with Gasteiger partial charge in [-0.3, -0.25) is 0 Å². The van der Waals surface area contributed by atoms with E-state index in [1.807, 2.05) is 0 Å². The van der Waals surface area contributed by atoms with Crippen LogP contribution in [0.1, 0.15) is 12.0 Å². The molecule has 0 aliphatic carbocycles. The van der Waals surface area contributed by atoms with Crippen LogP contribution in [0.25, 0.3) is 0 Å². The van der Waals surface area contributed by atoms with Crippen LogP contribution >= 0.6 is 15.9 Å². The molecule has 1 atom stereocenters. The number of hydrogen-bond donors (Lipinski definition) is 2. The molecular formula is C11H13BrFNO. The van der Waals surface area contributed by atoms with E-state index < -0.39 is 0 Å². The van der Waals surface area contributed by atoms with Crippen molar-refractivity contribution in [2.75, 3.05) is 13.1 Å². The summed E-state index contributed by atoms with van der Waals surface area (Å²) in [7, 11) is 0. The predicted octanol–water partition coefficient (Wildman–Crippen LogP) is 2.45. The molecule has 1 saturated heterocycles.